The van der Waals surface area contributed by atoms with Crippen LogP contribution in [0.5, 0.6) is 5.75 Å². The van der Waals surface area contributed by atoms with Crippen LogP contribution in [-0.4, -0.2) is 31.6 Å². The molecule has 0 atom stereocenters. The molecule has 0 bridgehead atoms. The van der Waals surface area contributed by atoms with Gasteiger partial charge in [0.1, 0.15) is 5.75 Å². The van der Waals surface area contributed by atoms with Gasteiger partial charge in [0.05, 0.1) is 13.2 Å². The number of terminal acetylenes is 1. The van der Waals surface area contributed by atoms with Crippen molar-refractivity contribution >= 4 is 11.6 Å². The van der Waals surface area contributed by atoms with Crippen LogP contribution in [-0.2, 0) is 6.42 Å². The number of halogens is 1. The molecular formula is C15H20ClNO. The monoisotopic (exact) mass is 265 g/mol. The number of hydrogen-bond donors (Lipinski definition) is 0. The lowest BCUT2D eigenvalue weighted by Gasteiger charge is -2.14. The summed E-state index contributed by atoms with van der Waals surface area (Å²) < 4.78 is 5.77. The first-order valence-corrected chi connectivity index (χ1v) is 6.58. The van der Waals surface area contributed by atoms with Gasteiger partial charge in [0.2, 0.25) is 0 Å². The normalized spacial score (nSPS) is 10.4. The summed E-state index contributed by atoms with van der Waals surface area (Å²) in [5.41, 5.74) is 1.15. The van der Waals surface area contributed by atoms with Gasteiger partial charge in [-0.25, -0.2) is 0 Å². The molecule has 0 aromatic heterocycles. The highest BCUT2D eigenvalue weighted by Crippen LogP contribution is 2.23. The van der Waals surface area contributed by atoms with Crippen LogP contribution in [0.1, 0.15) is 18.9 Å². The standard InChI is InChI=1S/C15H20ClNO/c1-4-9-17(3)10-6-11-18-15-8-7-14(16)12-13(15)5-2/h1,7-8,12H,5-6,9-11H2,2-3H3. The topological polar surface area (TPSA) is 12.5 Å². The molecule has 0 saturated heterocycles. The molecule has 0 saturated carbocycles. The molecule has 3 heteroatoms. The maximum absolute atomic E-state index is 5.95. The van der Waals surface area contributed by atoms with E-state index >= 15 is 0 Å². The molecule has 0 heterocycles. The summed E-state index contributed by atoms with van der Waals surface area (Å²) in [6.45, 7) is 4.42. The molecule has 0 spiro atoms. The fourth-order valence-electron chi connectivity index (χ4n) is 1.72. The smallest absolute Gasteiger partial charge is 0.122 e. The molecule has 0 amide bonds. The summed E-state index contributed by atoms with van der Waals surface area (Å²) in [6, 6.07) is 5.76. The highest BCUT2D eigenvalue weighted by molar-refractivity contribution is 6.30. The fourth-order valence-corrected chi connectivity index (χ4v) is 1.91. The summed E-state index contributed by atoms with van der Waals surface area (Å²) in [5, 5.41) is 0.757. The SMILES string of the molecule is C#CCN(C)CCCOc1ccc(Cl)cc1CC. The van der Waals surface area contributed by atoms with Gasteiger partial charge in [-0.3, -0.25) is 4.90 Å². The van der Waals surface area contributed by atoms with E-state index in [9.17, 15) is 0 Å². The summed E-state index contributed by atoms with van der Waals surface area (Å²) in [7, 11) is 2.01. The Kier molecular flexibility index (Phi) is 6.64. The zero-order valence-corrected chi connectivity index (χ0v) is 11.8. The van der Waals surface area contributed by atoms with Crippen LogP contribution in [0.25, 0.3) is 0 Å². The van der Waals surface area contributed by atoms with Crippen LogP contribution in [0.3, 0.4) is 0 Å². The van der Waals surface area contributed by atoms with Crippen LogP contribution in [0.2, 0.25) is 5.02 Å². The predicted molar refractivity (Wildman–Crippen MR) is 77.3 cm³/mol. The molecule has 1 aromatic rings. The lowest BCUT2D eigenvalue weighted by molar-refractivity contribution is 0.273. The van der Waals surface area contributed by atoms with E-state index in [4.69, 9.17) is 22.8 Å². The van der Waals surface area contributed by atoms with Crippen molar-refractivity contribution in [1.29, 1.82) is 0 Å². The van der Waals surface area contributed by atoms with Gasteiger partial charge in [0.25, 0.3) is 0 Å². The molecule has 0 N–H and O–H groups in total. The van der Waals surface area contributed by atoms with E-state index in [0.29, 0.717) is 13.2 Å². The van der Waals surface area contributed by atoms with Crippen LogP contribution >= 0.6 is 11.6 Å². The Morgan fingerprint density at radius 1 is 1.44 bits per heavy atom. The molecule has 18 heavy (non-hydrogen) atoms. The second-order valence-corrected chi connectivity index (χ2v) is 4.69. The first kappa shape index (κ1) is 14.9. The minimum atomic E-state index is 0.682. The summed E-state index contributed by atoms with van der Waals surface area (Å²) in [5.74, 6) is 3.55. The van der Waals surface area contributed by atoms with Gasteiger partial charge in [0, 0.05) is 11.6 Å². The van der Waals surface area contributed by atoms with Gasteiger partial charge in [-0.2, -0.15) is 0 Å². The Labute approximate surface area is 115 Å². The number of ether oxygens (including phenoxy) is 1. The van der Waals surface area contributed by atoms with Crippen molar-refractivity contribution in [3.63, 3.8) is 0 Å². The van der Waals surface area contributed by atoms with Crippen LogP contribution in [0.4, 0.5) is 0 Å². The number of rotatable bonds is 7. The number of nitrogens with zero attached hydrogens (tertiary/aromatic N) is 1. The highest BCUT2D eigenvalue weighted by Gasteiger charge is 2.03. The van der Waals surface area contributed by atoms with E-state index in [1.165, 1.54) is 0 Å². The van der Waals surface area contributed by atoms with Crippen molar-refractivity contribution in [1.82, 2.24) is 4.90 Å². The van der Waals surface area contributed by atoms with Gasteiger partial charge < -0.3 is 4.74 Å². The summed E-state index contributed by atoms with van der Waals surface area (Å²) in [6.07, 6.45) is 7.13. The Hall–Kier alpha value is -1.17. The Morgan fingerprint density at radius 3 is 2.89 bits per heavy atom. The Morgan fingerprint density at radius 2 is 2.22 bits per heavy atom. The quantitative estimate of drug-likeness (QED) is 0.554. The van der Waals surface area contributed by atoms with Crippen molar-refractivity contribution in [3.05, 3.63) is 28.8 Å². The average molecular weight is 266 g/mol. The van der Waals surface area contributed by atoms with Gasteiger partial charge in [-0.1, -0.05) is 24.4 Å². The van der Waals surface area contributed by atoms with E-state index in [-0.39, 0.29) is 0 Å². The molecule has 1 aromatic carbocycles. The molecule has 0 fully saturated rings. The third-order valence-electron chi connectivity index (χ3n) is 2.71. The molecule has 0 aliphatic carbocycles. The third-order valence-corrected chi connectivity index (χ3v) is 2.94. The van der Waals surface area contributed by atoms with Gasteiger partial charge in [-0.15, -0.1) is 6.42 Å². The highest BCUT2D eigenvalue weighted by atomic mass is 35.5. The van der Waals surface area contributed by atoms with Gasteiger partial charge in [-0.05, 0) is 43.7 Å². The largest absolute Gasteiger partial charge is 0.493 e. The van der Waals surface area contributed by atoms with E-state index in [1.807, 2.05) is 25.2 Å². The second-order valence-electron chi connectivity index (χ2n) is 4.25. The molecule has 0 unspecified atom stereocenters. The van der Waals surface area contributed by atoms with Crippen LogP contribution in [0, 0.1) is 12.3 Å². The first-order valence-electron chi connectivity index (χ1n) is 6.20. The molecule has 0 aliphatic heterocycles. The van der Waals surface area contributed by atoms with Crippen LogP contribution in [0.15, 0.2) is 18.2 Å². The number of aryl methyl sites for hydroxylation is 1. The van der Waals surface area contributed by atoms with Gasteiger partial charge >= 0.3 is 0 Å². The van der Waals surface area contributed by atoms with E-state index in [0.717, 1.165) is 35.7 Å². The zero-order valence-electron chi connectivity index (χ0n) is 11.1. The van der Waals surface area contributed by atoms with Crippen molar-refractivity contribution in [2.24, 2.45) is 0 Å². The maximum Gasteiger partial charge on any atom is 0.122 e. The second kappa shape index (κ2) is 8.02. The molecule has 0 aliphatic rings. The van der Waals surface area contributed by atoms with Crippen LogP contribution < -0.4 is 4.74 Å². The lowest BCUT2D eigenvalue weighted by atomic mass is 10.1. The molecule has 0 radical (unpaired) electrons. The Balaban J connectivity index is 2.38. The first-order chi connectivity index (χ1) is 8.67. The molecule has 98 valence electrons. The lowest BCUT2D eigenvalue weighted by Crippen LogP contribution is -2.21. The van der Waals surface area contributed by atoms with E-state index < -0.39 is 0 Å². The van der Waals surface area contributed by atoms with E-state index in [2.05, 4.69) is 17.7 Å². The number of hydrogen-bond acceptors (Lipinski definition) is 2. The fraction of sp³-hybridized carbons (Fsp3) is 0.467. The molecular weight excluding hydrogens is 246 g/mol. The molecule has 2 nitrogen and oxygen atoms in total. The van der Waals surface area contributed by atoms with Gasteiger partial charge in [0.15, 0.2) is 0 Å². The number of benzene rings is 1. The van der Waals surface area contributed by atoms with Crippen molar-refractivity contribution in [3.8, 4) is 18.1 Å². The third kappa shape index (κ3) is 5.00. The summed E-state index contributed by atoms with van der Waals surface area (Å²) in [4.78, 5) is 2.10. The maximum atomic E-state index is 5.95. The van der Waals surface area contributed by atoms with Crippen molar-refractivity contribution < 1.29 is 4.74 Å². The zero-order chi connectivity index (χ0) is 13.4. The minimum Gasteiger partial charge on any atom is -0.493 e. The van der Waals surface area contributed by atoms with Crippen molar-refractivity contribution in [2.45, 2.75) is 19.8 Å². The molecule has 1 rings (SSSR count). The minimum absolute atomic E-state index is 0.682. The van der Waals surface area contributed by atoms with Crippen molar-refractivity contribution in [2.75, 3.05) is 26.7 Å². The average Bonchev–Trinajstić information content (AvgIpc) is 2.36. The summed E-state index contributed by atoms with van der Waals surface area (Å²) >= 11 is 5.95. The van der Waals surface area contributed by atoms with E-state index in [1.54, 1.807) is 0 Å². The predicted octanol–water partition coefficient (Wildman–Crippen LogP) is 3.24. The Bertz CT molecular complexity index is 411.